The fourth-order valence-electron chi connectivity index (χ4n) is 0. The Labute approximate surface area is 35.1 Å². The Bertz CT molecular complexity index is 20.9. The van der Waals surface area contributed by atoms with Gasteiger partial charge in [0.05, 0.1) is 0 Å². The Hall–Kier alpha value is 0.399. The first-order valence-electron chi connectivity index (χ1n) is 0.973. The maximum atomic E-state index is 9.38. The molecule has 1 atom stereocenters. The zero-order chi connectivity index (χ0) is 4.28. The van der Waals surface area contributed by atoms with Gasteiger partial charge in [-0.1, -0.05) is 0 Å². The van der Waals surface area contributed by atoms with Crippen LogP contribution in [-0.2, 0) is 3.82 Å². The Morgan fingerprint density at radius 3 is 2.20 bits per heavy atom. The molecule has 0 radical (unpaired) electrons. The topological polar surface area (TPSA) is 52.5 Å². The van der Waals surface area contributed by atoms with Crippen LogP contribution in [0.2, 0.25) is 0 Å². The third-order valence-electron chi connectivity index (χ3n) is 0.156. The zero-order valence-electron chi connectivity index (χ0n) is 2.71. The fraction of sp³-hybridized carbons (Fsp3) is 1.00. The van der Waals surface area contributed by atoms with E-state index in [1.807, 2.05) is 0 Å². The molecule has 0 heterocycles. The first-order valence-corrected chi connectivity index (χ1v) is 3.34. The monoisotopic (exact) mass is 145 g/mol. The van der Waals surface area contributed by atoms with Crippen molar-refractivity contribution < 1.29 is 12.2 Å². The molecule has 0 rings (SSSR count). The van der Waals surface area contributed by atoms with Crippen LogP contribution in [0.25, 0.3) is 0 Å². The predicted molar refractivity (Wildman–Crippen MR) is 16.4 cm³/mol. The van der Waals surface area contributed by atoms with Gasteiger partial charge in [-0.15, -0.1) is 0 Å². The molecular weight excluding hydrogens is 139 g/mol. The molecule has 5 heavy (non-hydrogen) atoms. The van der Waals surface area contributed by atoms with Gasteiger partial charge in [0.1, 0.15) is 0 Å². The van der Waals surface area contributed by atoms with E-state index < -0.39 is 14.9 Å². The van der Waals surface area contributed by atoms with Gasteiger partial charge >= 0.3 is 34.2 Å². The summed E-state index contributed by atoms with van der Waals surface area (Å²) in [6.45, 7) is 0. The summed E-state index contributed by atoms with van der Waals surface area (Å²) in [5, 5.41) is 0. The minimum atomic E-state index is -2.95. The SMILES string of the molecule is CO[SeH]([O-])O. The molecule has 0 aromatic rings. The van der Waals surface area contributed by atoms with Crippen molar-refractivity contribution in [1.82, 2.24) is 0 Å². The van der Waals surface area contributed by atoms with E-state index in [1.54, 1.807) is 0 Å². The van der Waals surface area contributed by atoms with Crippen molar-refractivity contribution >= 4 is 14.9 Å². The predicted octanol–water partition coefficient (Wildman–Crippen LogP) is -2.30. The van der Waals surface area contributed by atoms with Gasteiger partial charge in [-0.3, -0.25) is 0 Å². The molecule has 3 nitrogen and oxygen atoms in total. The molecule has 34 valence electrons. The van der Waals surface area contributed by atoms with Gasteiger partial charge < -0.3 is 0 Å². The first-order chi connectivity index (χ1) is 2.27. The molecule has 0 saturated heterocycles. The van der Waals surface area contributed by atoms with Crippen molar-refractivity contribution in [2.24, 2.45) is 0 Å². The number of hydrogen-bond donors (Lipinski definition) is 1. The molecule has 0 aliphatic rings. The van der Waals surface area contributed by atoms with Crippen molar-refractivity contribution in [3.05, 3.63) is 0 Å². The number of rotatable bonds is 1. The molecule has 0 aromatic heterocycles. The second-order valence-corrected chi connectivity index (χ2v) is 2.18. The third-order valence-corrected chi connectivity index (χ3v) is 0.812. The van der Waals surface area contributed by atoms with Gasteiger partial charge in [0, 0.05) is 0 Å². The van der Waals surface area contributed by atoms with E-state index in [0.29, 0.717) is 0 Å². The van der Waals surface area contributed by atoms with Crippen molar-refractivity contribution in [3.8, 4) is 0 Å². The minimum absolute atomic E-state index is 1.20. The van der Waals surface area contributed by atoms with E-state index >= 15 is 0 Å². The molecule has 0 spiro atoms. The molecule has 0 bridgehead atoms. The number of hydrogen-bond acceptors (Lipinski definition) is 3. The summed E-state index contributed by atoms with van der Waals surface area (Å²) in [5.41, 5.74) is 0. The van der Waals surface area contributed by atoms with Crippen LogP contribution in [-0.4, -0.2) is 26.2 Å². The van der Waals surface area contributed by atoms with Crippen LogP contribution in [0.4, 0.5) is 0 Å². The summed E-state index contributed by atoms with van der Waals surface area (Å²) in [6.07, 6.45) is 0. The Morgan fingerprint density at radius 2 is 2.20 bits per heavy atom. The van der Waals surface area contributed by atoms with Gasteiger partial charge in [-0.25, -0.2) is 0 Å². The molecular formula is CH5O3Se-. The van der Waals surface area contributed by atoms with Crippen molar-refractivity contribution in [3.63, 3.8) is 0 Å². The second-order valence-electron chi connectivity index (χ2n) is 0.420. The molecule has 0 fully saturated rings. The zero-order valence-corrected chi connectivity index (χ0v) is 4.59. The van der Waals surface area contributed by atoms with E-state index in [2.05, 4.69) is 3.82 Å². The van der Waals surface area contributed by atoms with E-state index in [1.165, 1.54) is 7.11 Å². The van der Waals surface area contributed by atoms with Gasteiger partial charge in [0.2, 0.25) is 0 Å². The van der Waals surface area contributed by atoms with Crippen LogP contribution in [0.1, 0.15) is 0 Å². The first kappa shape index (κ1) is 5.40. The second kappa shape index (κ2) is 2.63. The van der Waals surface area contributed by atoms with E-state index in [9.17, 15) is 4.19 Å². The molecule has 4 heteroatoms. The fourth-order valence-corrected chi connectivity index (χ4v) is 0. The summed E-state index contributed by atoms with van der Waals surface area (Å²) in [4.78, 5) is 0. The van der Waals surface area contributed by atoms with Gasteiger partial charge in [0.15, 0.2) is 0 Å². The molecule has 0 aliphatic heterocycles. The van der Waals surface area contributed by atoms with Crippen LogP contribution < -0.4 is 4.19 Å². The molecule has 0 saturated carbocycles. The van der Waals surface area contributed by atoms with Crippen LogP contribution >= 0.6 is 0 Å². The van der Waals surface area contributed by atoms with E-state index in [-0.39, 0.29) is 0 Å². The molecule has 0 aliphatic carbocycles. The third kappa shape index (κ3) is 4.40. The van der Waals surface area contributed by atoms with E-state index in [0.717, 1.165) is 0 Å². The van der Waals surface area contributed by atoms with Crippen molar-refractivity contribution in [2.45, 2.75) is 0 Å². The quantitative estimate of drug-likeness (QED) is 0.421. The van der Waals surface area contributed by atoms with Crippen LogP contribution in [0, 0.1) is 0 Å². The Kier molecular flexibility index (Phi) is 2.84. The average Bonchev–Trinajstić information content (AvgIpc) is 1.38. The van der Waals surface area contributed by atoms with Crippen molar-refractivity contribution in [1.29, 1.82) is 0 Å². The standard InChI is InChI=1S/CH6O3Se/c1-4-5(2)3/h2-3,5H,1H3/p-1. The molecule has 0 aromatic carbocycles. The Morgan fingerprint density at radius 1 is 2.00 bits per heavy atom. The normalized spacial score (nSPS) is 18.6. The van der Waals surface area contributed by atoms with E-state index in [4.69, 9.17) is 4.19 Å². The van der Waals surface area contributed by atoms with Crippen LogP contribution in [0.5, 0.6) is 0 Å². The summed E-state index contributed by atoms with van der Waals surface area (Å²) >= 11 is -2.95. The van der Waals surface area contributed by atoms with Gasteiger partial charge in [-0.05, 0) is 0 Å². The van der Waals surface area contributed by atoms with Crippen molar-refractivity contribution in [2.75, 3.05) is 7.11 Å². The summed E-state index contributed by atoms with van der Waals surface area (Å²) < 4.78 is 21.0. The van der Waals surface area contributed by atoms with Gasteiger partial charge in [0.25, 0.3) is 0 Å². The molecule has 1 N–H and O–H groups in total. The summed E-state index contributed by atoms with van der Waals surface area (Å²) in [5.74, 6) is 0. The Balaban J connectivity index is 2.54. The van der Waals surface area contributed by atoms with Crippen LogP contribution in [0.3, 0.4) is 0 Å². The average molecular weight is 144 g/mol. The maximum absolute atomic E-state index is 9.38. The van der Waals surface area contributed by atoms with Gasteiger partial charge in [-0.2, -0.15) is 0 Å². The van der Waals surface area contributed by atoms with Crippen LogP contribution in [0.15, 0.2) is 0 Å². The molecule has 1 unspecified atom stereocenters. The molecule has 0 amide bonds. The summed E-state index contributed by atoms with van der Waals surface area (Å²) in [7, 11) is 1.20. The summed E-state index contributed by atoms with van der Waals surface area (Å²) in [6, 6.07) is 0.